The molecular weight excluding hydrogens is 266 g/mol. The molecule has 110 valence electrons. The maximum Gasteiger partial charge on any atom is 0.267 e. The number of aryl methyl sites for hydroxylation is 1. The first-order valence-electron chi connectivity index (χ1n) is 6.87. The second-order valence-electron chi connectivity index (χ2n) is 4.63. The molecule has 0 saturated heterocycles. The molecule has 3 N–H and O–H groups in total. The van der Waals surface area contributed by atoms with Crippen molar-refractivity contribution in [1.29, 1.82) is 0 Å². The Bertz CT molecular complexity index is 546. The summed E-state index contributed by atoms with van der Waals surface area (Å²) in [5, 5.41) is 0. The van der Waals surface area contributed by atoms with E-state index >= 15 is 0 Å². The lowest BCUT2D eigenvalue weighted by Crippen LogP contribution is -2.36. The van der Waals surface area contributed by atoms with Gasteiger partial charge in [-0.2, -0.15) is 0 Å². The molecule has 1 unspecified atom stereocenters. The zero-order valence-electron chi connectivity index (χ0n) is 11.7. The Kier molecular flexibility index (Phi) is 5.87. The number of ether oxygens (including phenoxy) is 1. The second-order valence-corrected chi connectivity index (χ2v) is 4.63. The molecule has 0 spiro atoms. The van der Waals surface area contributed by atoms with Crippen LogP contribution in [0.4, 0.5) is 0 Å². The molecule has 1 amide bonds. The molecule has 0 aliphatic rings. The van der Waals surface area contributed by atoms with E-state index in [0.29, 0.717) is 6.61 Å². The van der Waals surface area contributed by atoms with Crippen LogP contribution in [0.3, 0.4) is 0 Å². The van der Waals surface area contributed by atoms with Crippen molar-refractivity contribution in [3.63, 3.8) is 0 Å². The summed E-state index contributed by atoms with van der Waals surface area (Å²) in [7, 11) is 0. The molecule has 21 heavy (non-hydrogen) atoms. The van der Waals surface area contributed by atoms with Crippen LogP contribution in [0, 0.1) is 0 Å². The Balaban J connectivity index is 1.87. The fraction of sp³-hybridized carbons (Fsp3) is 0.250. The van der Waals surface area contributed by atoms with Crippen molar-refractivity contribution in [3.8, 4) is 0 Å². The third-order valence-corrected chi connectivity index (χ3v) is 3.13. The number of pyridine rings is 1. The predicted molar refractivity (Wildman–Crippen MR) is 80.0 cm³/mol. The lowest BCUT2D eigenvalue weighted by molar-refractivity contribution is -0.133. The maximum atomic E-state index is 11.8. The van der Waals surface area contributed by atoms with Crippen LogP contribution in [-0.2, 0) is 16.0 Å². The molecule has 0 aliphatic heterocycles. The molecule has 5 nitrogen and oxygen atoms in total. The van der Waals surface area contributed by atoms with Crippen LogP contribution in [-0.4, -0.2) is 17.5 Å². The van der Waals surface area contributed by atoms with Crippen molar-refractivity contribution in [1.82, 2.24) is 10.4 Å². The van der Waals surface area contributed by atoms with Crippen molar-refractivity contribution in [2.45, 2.75) is 18.9 Å². The number of carbonyl (C=O) groups is 1. The fourth-order valence-corrected chi connectivity index (χ4v) is 2.05. The smallest absolute Gasteiger partial charge is 0.267 e. The molecule has 0 fully saturated rings. The van der Waals surface area contributed by atoms with Gasteiger partial charge in [0, 0.05) is 19.0 Å². The molecule has 2 aromatic rings. The van der Waals surface area contributed by atoms with E-state index in [1.165, 1.54) is 5.56 Å². The third kappa shape index (κ3) is 4.66. The number of hydrazine groups is 1. The highest BCUT2D eigenvalue weighted by molar-refractivity contribution is 5.81. The minimum absolute atomic E-state index is 0.342. The summed E-state index contributed by atoms with van der Waals surface area (Å²) in [6.07, 6.45) is 4.57. The van der Waals surface area contributed by atoms with E-state index in [0.717, 1.165) is 18.4 Å². The summed E-state index contributed by atoms with van der Waals surface area (Å²) in [5.41, 5.74) is 4.15. The number of aromatic nitrogens is 1. The molecular formula is C16H19N3O2. The van der Waals surface area contributed by atoms with E-state index < -0.39 is 6.10 Å². The number of carbonyl (C=O) groups excluding carboxylic acids is 1. The average Bonchev–Trinajstić information content (AvgIpc) is 2.56. The Morgan fingerprint density at radius 3 is 2.57 bits per heavy atom. The predicted octanol–water partition coefficient (Wildman–Crippen LogP) is 1.76. The highest BCUT2D eigenvalue weighted by Gasteiger charge is 2.19. The minimum Gasteiger partial charge on any atom is -0.364 e. The molecule has 0 aliphatic carbocycles. The third-order valence-electron chi connectivity index (χ3n) is 3.13. The monoisotopic (exact) mass is 285 g/mol. The first kappa shape index (κ1) is 15.2. The largest absolute Gasteiger partial charge is 0.364 e. The van der Waals surface area contributed by atoms with E-state index in [1.54, 1.807) is 12.4 Å². The van der Waals surface area contributed by atoms with Crippen LogP contribution in [0.25, 0.3) is 0 Å². The zero-order chi connectivity index (χ0) is 14.9. The van der Waals surface area contributed by atoms with E-state index in [-0.39, 0.29) is 5.91 Å². The van der Waals surface area contributed by atoms with Gasteiger partial charge in [0.1, 0.15) is 0 Å². The van der Waals surface area contributed by atoms with E-state index in [4.69, 9.17) is 10.6 Å². The van der Waals surface area contributed by atoms with Crippen LogP contribution in [0.2, 0.25) is 0 Å². The van der Waals surface area contributed by atoms with Gasteiger partial charge in [0.05, 0.1) is 0 Å². The molecule has 2 rings (SSSR count). The van der Waals surface area contributed by atoms with Crippen molar-refractivity contribution in [2.75, 3.05) is 6.61 Å². The molecule has 0 radical (unpaired) electrons. The molecule has 0 bridgehead atoms. The van der Waals surface area contributed by atoms with Crippen LogP contribution in [0.1, 0.15) is 23.7 Å². The summed E-state index contributed by atoms with van der Waals surface area (Å²) < 4.78 is 5.69. The van der Waals surface area contributed by atoms with E-state index in [1.807, 2.05) is 42.5 Å². The molecule has 5 heteroatoms. The number of amides is 1. The van der Waals surface area contributed by atoms with Gasteiger partial charge in [-0.15, -0.1) is 0 Å². The molecule has 1 aromatic heterocycles. The first-order chi connectivity index (χ1) is 10.3. The quantitative estimate of drug-likeness (QED) is 0.352. The van der Waals surface area contributed by atoms with Gasteiger partial charge >= 0.3 is 0 Å². The van der Waals surface area contributed by atoms with Crippen LogP contribution in [0.15, 0.2) is 54.9 Å². The van der Waals surface area contributed by atoms with Crippen LogP contribution < -0.4 is 11.3 Å². The highest BCUT2D eigenvalue weighted by atomic mass is 16.5. The minimum atomic E-state index is -0.673. The van der Waals surface area contributed by atoms with Crippen molar-refractivity contribution in [2.24, 2.45) is 5.84 Å². The van der Waals surface area contributed by atoms with Crippen molar-refractivity contribution >= 4 is 5.91 Å². The maximum absolute atomic E-state index is 11.8. The SMILES string of the molecule is NNC(=O)C(OCCCc1ccncc1)c1ccccc1. The van der Waals surface area contributed by atoms with Gasteiger partial charge in [-0.1, -0.05) is 30.3 Å². The first-order valence-corrected chi connectivity index (χ1v) is 6.87. The Morgan fingerprint density at radius 2 is 1.90 bits per heavy atom. The van der Waals surface area contributed by atoms with Gasteiger partial charge in [-0.25, -0.2) is 5.84 Å². The van der Waals surface area contributed by atoms with Gasteiger partial charge in [0.25, 0.3) is 5.91 Å². The summed E-state index contributed by atoms with van der Waals surface area (Å²) in [5.74, 6) is 4.88. The zero-order valence-corrected chi connectivity index (χ0v) is 11.7. The summed E-state index contributed by atoms with van der Waals surface area (Å²) in [6, 6.07) is 13.3. The standard InChI is InChI=1S/C16H19N3O2/c17-19-16(20)15(14-6-2-1-3-7-14)21-12-4-5-13-8-10-18-11-9-13/h1-3,6-11,15H,4-5,12,17H2,(H,19,20). The van der Waals surface area contributed by atoms with Gasteiger partial charge in [0.2, 0.25) is 0 Å². The van der Waals surface area contributed by atoms with Crippen LogP contribution >= 0.6 is 0 Å². The fourth-order valence-electron chi connectivity index (χ4n) is 2.05. The second kappa shape index (κ2) is 8.14. The lowest BCUT2D eigenvalue weighted by Gasteiger charge is -2.16. The summed E-state index contributed by atoms with van der Waals surface area (Å²) >= 11 is 0. The summed E-state index contributed by atoms with van der Waals surface area (Å²) in [4.78, 5) is 15.8. The van der Waals surface area contributed by atoms with Gasteiger partial charge in [0.15, 0.2) is 6.10 Å². The lowest BCUT2D eigenvalue weighted by atomic mass is 10.1. The number of hydrogen-bond donors (Lipinski definition) is 2. The van der Waals surface area contributed by atoms with E-state index in [2.05, 4.69) is 10.4 Å². The highest BCUT2D eigenvalue weighted by Crippen LogP contribution is 2.17. The number of hydrogen-bond acceptors (Lipinski definition) is 4. The Hall–Kier alpha value is -2.24. The average molecular weight is 285 g/mol. The van der Waals surface area contributed by atoms with Gasteiger partial charge in [-0.05, 0) is 36.1 Å². The number of benzene rings is 1. The number of nitrogens with zero attached hydrogens (tertiary/aromatic N) is 1. The number of nitrogens with one attached hydrogen (secondary N) is 1. The molecule has 0 saturated carbocycles. The Morgan fingerprint density at radius 1 is 1.19 bits per heavy atom. The van der Waals surface area contributed by atoms with Crippen molar-refractivity contribution < 1.29 is 9.53 Å². The molecule has 1 aromatic carbocycles. The van der Waals surface area contributed by atoms with Crippen molar-refractivity contribution in [3.05, 3.63) is 66.0 Å². The van der Waals surface area contributed by atoms with Gasteiger partial charge in [-0.3, -0.25) is 15.2 Å². The normalized spacial score (nSPS) is 11.9. The molecule has 1 heterocycles. The molecule has 1 atom stereocenters. The van der Waals surface area contributed by atoms with E-state index in [9.17, 15) is 4.79 Å². The Labute approximate surface area is 124 Å². The summed E-state index contributed by atoms with van der Waals surface area (Å²) in [6.45, 7) is 0.481. The number of nitrogens with two attached hydrogens (primary N) is 1. The van der Waals surface area contributed by atoms with Crippen LogP contribution in [0.5, 0.6) is 0 Å². The van der Waals surface area contributed by atoms with Gasteiger partial charge < -0.3 is 4.74 Å². The topological polar surface area (TPSA) is 77.2 Å². The number of rotatable bonds is 7.